The van der Waals surface area contributed by atoms with Gasteiger partial charge in [0.15, 0.2) is 0 Å². The van der Waals surface area contributed by atoms with Crippen molar-refractivity contribution in [3.8, 4) is 0 Å². The SMILES string of the molecule is CCCn1c(C)cs/c1=N\N=C(C)C. The van der Waals surface area contributed by atoms with E-state index in [-0.39, 0.29) is 0 Å². The van der Waals surface area contributed by atoms with E-state index in [2.05, 4.69) is 34.0 Å². The van der Waals surface area contributed by atoms with E-state index in [4.69, 9.17) is 0 Å². The zero-order chi connectivity index (χ0) is 10.6. The third-order valence-corrected chi connectivity index (χ3v) is 2.75. The normalized spacial score (nSPS) is 11.9. The van der Waals surface area contributed by atoms with Gasteiger partial charge in [-0.2, -0.15) is 5.10 Å². The summed E-state index contributed by atoms with van der Waals surface area (Å²) in [4.78, 5) is 0.991. The van der Waals surface area contributed by atoms with Crippen molar-refractivity contribution < 1.29 is 0 Å². The molecular weight excluding hydrogens is 194 g/mol. The van der Waals surface area contributed by atoms with Crippen molar-refractivity contribution in [1.82, 2.24) is 4.57 Å². The predicted molar refractivity (Wildman–Crippen MR) is 61.7 cm³/mol. The van der Waals surface area contributed by atoms with Crippen LogP contribution in [0, 0.1) is 6.92 Å². The van der Waals surface area contributed by atoms with Crippen LogP contribution in [0.2, 0.25) is 0 Å². The van der Waals surface area contributed by atoms with E-state index in [0.717, 1.165) is 23.5 Å². The highest BCUT2D eigenvalue weighted by Crippen LogP contribution is 2.00. The first-order chi connectivity index (χ1) is 6.65. The molecule has 0 fully saturated rings. The molecule has 0 saturated heterocycles. The van der Waals surface area contributed by atoms with Crippen LogP contribution in [0.25, 0.3) is 0 Å². The maximum absolute atomic E-state index is 4.21. The van der Waals surface area contributed by atoms with Crippen molar-refractivity contribution in [3.05, 3.63) is 15.9 Å². The molecule has 14 heavy (non-hydrogen) atoms. The van der Waals surface area contributed by atoms with Gasteiger partial charge < -0.3 is 4.57 Å². The summed E-state index contributed by atoms with van der Waals surface area (Å²) < 4.78 is 2.21. The van der Waals surface area contributed by atoms with Crippen LogP contribution in [0.5, 0.6) is 0 Å². The van der Waals surface area contributed by atoms with Gasteiger partial charge in [-0.3, -0.25) is 0 Å². The Morgan fingerprint density at radius 2 is 2.21 bits per heavy atom. The van der Waals surface area contributed by atoms with Crippen LogP contribution in [0.4, 0.5) is 0 Å². The topological polar surface area (TPSA) is 29.6 Å². The number of hydrogen-bond acceptors (Lipinski definition) is 3. The molecule has 1 aromatic heterocycles. The van der Waals surface area contributed by atoms with Gasteiger partial charge in [0, 0.05) is 23.3 Å². The Bertz CT molecular complexity index is 380. The minimum absolute atomic E-state index is 0.985. The largest absolute Gasteiger partial charge is 0.320 e. The molecule has 0 aromatic carbocycles. The van der Waals surface area contributed by atoms with Crippen molar-refractivity contribution in [3.63, 3.8) is 0 Å². The van der Waals surface area contributed by atoms with Crippen molar-refractivity contribution in [2.24, 2.45) is 10.2 Å². The second-order valence-electron chi connectivity index (χ2n) is 3.46. The van der Waals surface area contributed by atoms with Gasteiger partial charge in [0.25, 0.3) is 0 Å². The van der Waals surface area contributed by atoms with E-state index in [1.54, 1.807) is 11.3 Å². The number of aromatic nitrogens is 1. The molecule has 0 spiro atoms. The van der Waals surface area contributed by atoms with Crippen molar-refractivity contribution in [1.29, 1.82) is 0 Å². The van der Waals surface area contributed by atoms with Gasteiger partial charge in [-0.25, -0.2) is 0 Å². The molecule has 0 unspecified atom stereocenters. The fraction of sp³-hybridized carbons (Fsp3) is 0.600. The van der Waals surface area contributed by atoms with Crippen LogP contribution in [0.1, 0.15) is 32.9 Å². The Hall–Kier alpha value is -0.900. The first-order valence-electron chi connectivity index (χ1n) is 4.85. The minimum atomic E-state index is 0.985. The highest BCUT2D eigenvalue weighted by atomic mass is 32.1. The smallest absolute Gasteiger partial charge is 0.210 e. The number of thiazole rings is 1. The van der Waals surface area contributed by atoms with Crippen LogP contribution in [0.15, 0.2) is 15.6 Å². The second-order valence-corrected chi connectivity index (χ2v) is 4.30. The van der Waals surface area contributed by atoms with Gasteiger partial charge in [0.1, 0.15) is 0 Å². The zero-order valence-electron chi connectivity index (χ0n) is 9.24. The Labute approximate surface area is 88.8 Å². The van der Waals surface area contributed by atoms with Crippen LogP contribution >= 0.6 is 11.3 Å². The van der Waals surface area contributed by atoms with E-state index >= 15 is 0 Å². The lowest BCUT2D eigenvalue weighted by molar-refractivity contribution is 0.639. The molecule has 1 heterocycles. The average molecular weight is 211 g/mol. The molecule has 0 saturated carbocycles. The molecule has 0 N–H and O–H groups in total. The summed E-state index contributed by atoms with van der Waals surface area (Å²) in [6.07, 6.45) is 1.12. The molecule has 78 valence electrons. The first-order valence-corrected chi connectivity index (χ1v) is 5.73. The van der Waals surface area contributed by atoms with E-state index in [1.165, 1.54) is 5.69 Å². The Morgan fingerprint density at radius 1 is 1.50 bits per heavy atom. The maximum atomic E-state index is 4.21. The summed E-state index contributed by atoms with van der Waals surface area (Å²) in [7, 11) is 0. The molecule has 0 aliphatic carbocycles. The quantitative estimate of drug-likeness (QED) is 0.543. The standard InChI is InChI=1S/C10H17N3S/c1-5-6-13-9(4)7-14-10(13)12-11-8(2)3/h7H,5-6H2,1-4H3/b12-10-. The Morgan fingerprint density at radius 3 is 2.79 bits per heavy atom. The third-order valence-electron chi connectivity index (χ3n) is 1.77. The summed E-state index contributed by atoms with van der Waals surface area (Å²) in [5.41, 5.74) is 2.25. The van der Waals surface area contributed by atoms with E-state index in [9.17, 15) is 0 Å². The van der Waals surface area contributed by atoms with Gasteiger partial charge >= 0.3 is 0 Å². The van der Waals surface area contributed by atoms with Gasteiger partial charge in [0.2, 0.25) is 4.80 Å². The van der Waals surface area contributed by atoms with E-state index < -0.39 is 0 Å². The monoisotopic (exact) mass is 211 g/mol. The van der Waals surface area contributed by atoms with Gasteiger partial charge in [-0.15, -0.1) is 16.4 Å². The fourth-order valence-corrected chi connectivity index (χ4v) is 1.99. The first kappa shape index (κ1) is 11.2. The molecular formula is C10H17N3S. The highest BCUT2D eigenvalue weighted by Gasteiger charge is 1.98. The molecule has 0 aliphatic rings. The molecule has 0 aliphatic heterocycles. The Kier molecular flexibility index (Phi) is 4.07. The molecule has 0 bridgehead atoms. The number of hydrogen-bond donors (Lipinski definition) is 0. The summed E-state index contributed by atoms with van der Waals surface area (Å²) in [5.74, 6) is 0. The number of nitrogens with zero attached hydrogens (tertiary/aromatic N) is 3. The summed E-state index contributed by atoms with van der Waals surface area (Å²) in [6, 6.07) is 0. The number of aryl methyl sites for hydroxylation is 1. The fourth-order valence-electron chi connectivity index (χ4n) is 1.13. The van der Waals surface area contributed by atoms with Crippen LogP contribution in [-0.2, 0) is 6.54 Å². The van der Waals surface area contributed by atoms with Gasteiger partial charge in [0.05, 0.1) is 0 Å². The maximum Gasteiger partial charge on any atom is 0.210 e. The molecule has 0 atom stereocenters. The molecule has 1 aromatic rings. The molecule has 3 nitrogen and oxygen atoms in total. The molecule has 1 rings (SSSR count). The lowest BCUT2D eigenvalue weighted by Gasteiger charge is -2.01. The molecule has 4 heteroatoms. The minimum Gasteiger partial charge on any atom is -0.320 e. The van der Waals surface area contributed by atoms with Crippen LogP contribution in [-0.4, -0.2) is 10.3 Å². The van der Waals surface area contributed by atoms with Crippen LogP contribution < -0.4 is 4.80 Å². The average Bonchev–Trinajstić information content (AvgIpc) is 2.46. The van der Waals surface area contributed by atoms with Gasteiger partial charge in [-0.05, 0) is 27.2 Å². The summed E-state index contributed by atoms with van der Waals surface area (Å²) in [6.45, 7) is 9.20. The summed E-state index contributed by atoms with van der Waals surface area (Å²) in [5, 5.41) is 10.4. The lowest BCUT2D eigenvalue weighted by atomic mass is 10.4. The lowest BCUT2D eigenvalue weighted by Crippen LogP contribution is -2.15. The van der Waals surface area contributed by atoms with Crippen molar-refractivity contribution in [2.45, 2.75) is 40.7 Å². The Balaban J connectivity index is 3.08. The van der Waals surface area contributed by atoms with E-state index in [1.807, 2.05) is 13.8 Å². The number of rotatable bonds is 3. The zero-order valence-corrected chi connectivity index (χ0v) is 10.1. The van der Waals surface area contributed by atoms with Gasteiger partial charge in [-0.1, -0.05) is 6.92 Å². The predicted octanol–water partition coefficient (Wildman–Crippen LogP) is 2.56. The van der Waals surface area contributed by atoms with Crippen molar-refractivity contribution in [2.75, 3.05) is 0 Å². The highest BCUT2D eigenvalue weighted by molar-refractivity contribution is 7.07. The van der Waals surface area contributed by atoms with E-state index in [0.29, 0.717) is 0 Å². The second kappa shape index (κ2) is 5.10. The molecule has 0 radical (unpaired) electrons. The summed E-state index contributed by atoms with van der Waals surface area (Å²) >= 11 is 1.65. The molecule has 0 amide bonds. The van der Waals surface area contributed by atoms with Crippen molar-refractivity contribution >= 4 is 17.0 Å². The van der Waals surface area contributed by atoms with Crippen LogP contribution in [0.3, 0.4) is 0 Å². The third kappa shape index (κ3) is 2.80.